The lowest BCUT2D eigenvalue weighted by atomic mass is 9.68. The summed E-state index contributed by atoms with van der Waals surface area (Å²) >= 11 is 0. The molecule has 2 saturated carbocycles. The Balaban J connectivity index is 1.27. The van der Waals surface area contributed by atoms with Gasteiger partial charge in [-0.05, 0) is 24.8 Å². The molecule has 2 aromatic heterocycles. The minimum absolute atomic E-state index is 0.00121. The SMILES string of the molecule is c1ccc([C@H]2C[C@@H]2NCC2(c3noc(-c4cncnc4)n3)CCC2)cc1. The average Bonchev–Trinajstić information content (AvgIpc) is 3.28. The van der Waals surface area contributed by atoms with E-state index in [1.807, 2.05) is 0 Å². The monoisotopic (exact) mass is 347 g/mol. The number of nitrogens with zero attached hydrogens (tertiary/aromatic N) is 4. The molecule has 1 N–H and O–H groups in total. The molecule has 6 heteroatoms. The summed E-state index contributed by atoms with van der Waals surface area (Å²) in [4.78, 5) is 12.7. The van der Waals surface area contributed by atoms with Crippen molar-refractivity contribution in [3.63, 3.8) is 0 Å². The molecule has 2 aliphatic carbocycles. The first-order chi connectivity index (χ1) is 12.8. The lowest BCUT2D eigenvalue weighted by Gasteiger charge is -2.39. The first-order valence-corrected chi connectivity index (χ1v) is 9.22. The quantitative estimate of drug-likeness (QED) is 0.738. The summed E-state index contributed by atoms with van der Waals surface area (Å²) in [6.07, 6.45) is 9.53. The molecule has 0 unspecified atom stereocenters. The van der Waals surface area contributed by atoms with Gasteiger partial charge in [-0.25, -0.2) is 9.97 Å². The number of nitrogens with one attached hydrogen (secondary N) is 1. The zero-order chi connectivity index (χ0) is 17.4. The fourth-order valence-electron chi connectivity index (χ4n) is 3.86. The van der Waals surface area contributed by atoms with E-state index in [0.29, 0.717) is 17.9 Å². The fourth-order valence-corrected chi connectivity index (χ4v) is 3.86. The molecule has 0 radical (unpaired) electrons. The summed E-state index contributed by atoms with van der Waals surface area (Å²) in [7, 11) is 0. The molecular weight excluding hydrogens is 326 g/mol. The van der Waals surface area contributed by atoms with E-state index in [4.69, 9.17) is 4.52 Å². The Kier molecular flexibility index (Phi) is 3.78. The minimum Gasteiger partial charge on any atom is -0.334 e. The van der Waals surface area contributed by atoms with Gasteiger partial charge in [0.15, 0.2) is 5.82 Å². The van der Waals surface area contributed by atoms with Crippen LogP contribution in [0.3, 0.4) is 0 Å². The summed E-state index contributed by atoms with van der Waals surface area (Å²) in [5, 5.41) is 8.03. The molecule has 26 heavy (non-hydrogen) atoms. The van der Waals surface area contributed by atoms with E-state index < -0.39 is 0 Å². The van der Waals surface area contributed by atoms with Crippen LogP contribution in [0.5, 0.6) is 0 Å². The lowest BCUT2D eigenvalue weighted by Crippen LogP contribution is -2.45. The minimum atomic E-state index is 0.00121. The highest BCUT2D eigenvalue weighted by Gasteiger charge is 2.46. The number of hydrogen-bond donors (Lipinski definition) is 1. The van der Waals surface area contributed by atoms with Crippen molar-refractivity contribution in [3.05, 3.63) is 60.4 Å². The van der Waals surface area contributed by atoms with E-state index in [-0.39, 0.29) is 5.41 Å². The molecule has 2 heterocycles. The summed E-state index contributed by atoms with van der Waals surface area (Å²) < 4.78 is 5.48. The van der Waals surface area contributed by atoms with E-state index in [9.17, 15) is 0 Å². The Bertz CT molecular complexity index is 875. The average molecular weight is 347 g/mol. The van der Waals surface area contributed by atoms with Crippen molar-refractivity contribution in [2.24, 2.45) is 0 Å². The van der Waals surface area contributed by atoms with Gasteiger partial charge in [0, 0.05) is 36.3 Å². The van der Waals surface area contributed by atoms with Crippen LogP contribution in [0.4, 0.5) is 0 Å². The third kappa shape index (κ3) is 2.80. The van der Waals surface area contributed by atoms with Crippen LogP contribution >= 0.6 is 0 Å². The summed E-state index contributed by atoms with van der Waals surface area (Å²) in [5.41, 5.74) is 2.19. The Labute approximate surface area is 152 Å². The van der Waals surface area contributed by atoms with Crippen LogP contribution in [0.1, 0.15) is 43.0 Å². The molecule has 0 amide bonds. The van der Waals surface area contributed by atoms with Gasteiger partial charge < -0.3 is 9.84 Å². The third-order valence-corrected chi connectivity index (χ3v) is 5.74. The van der Waals surface area contributed by atoms with Gasteiger partial charge >= 0.3 is 0 Å². The van der Waals surface area contributed by atoms with Crippen molar-refractivity contribution >= 4 is 0 Å². The van der Waals surface area contributed by atoms with E-state index in [1.165, 1.54) is 24.7 Å². The third-order valence-electron chi connectivity index (χ3n) is 5.74. The van der Waals surface area contributed by atoms with Crippen molar-refractivity contribution in [2.45, 2.75) is 43.1 Å². The second-order valence-electron chi connectivity index (χ2n) is 7.42. The first kappa shape index (κ1) is 15.6. The molecule has 1 aromatic carbocycles. The van der Waals surface area contributed by atoms with Crippen LogP contribution in [0.25, 0.3) is 11.5 Å². The highest BCUT2D eigenvalue weighted by atomic mass is 16.5. The summed E-state index contributed by atoms with van der Waals surface area (Å²) in [6, 6.07) is 11.3. The Morgan fingerprint density at radius 3 is 2.65 bits per heavy atom. The number of hydrogen-bond acceptors (Lipinski definition) is 6. The van der Waals surface area contributed by atoms with Crippen molar-refractivity contribution in [1.29, 1.82) is 0 Å². The van der Waals surface area contributed by atoms with Gasteiger partial charge in [-0.2, -0.15) is 4.98 Å². The van der Waals surface area contributed by atoms with Gasteiger partial charge in [-0.3, -0.25) is 0 Å². The van der Waals surface area contributed by atoms with Crippen LogP contribution in [0.2, 0.25) is 0 Å². The smallest absolute Gasteiger partial charge is 0.261 e. The van der Waals surface area contributed by atoms with Crippen LogP contribution in [0.15, 0.2) is 53.6 Å². The molecule has 0 saturated heterocycles. The molecule has 6 nitrogen and oxygen atoms in total. The second kappa shape index (κ2) is 6.29. The molecule has 132 valence electrons. The second-order valence-corrected chi connectivity index (χ2v) is 7.42. The molecule has 2 atom stereocenters. The topological polar surface area (TPSA) is 76.7 Å². The van der Waals surface area contributed by atoms with Crippen molar-refractivity contribution in [2.75, 3.05) is 6.54 Å². The Morgan fingerprint density at radius 2 is 1.92 bits per heavy atom. The van der Waals surface area contributed by atoms with E-state index >= 15 is 0 Å². The maximum Gasteiger partial charge on any atom is 0.261 e. The molecule has 2 aliphatic rings. The standard InChI is InChI=1S/C20H21N5O/c1-2-5-14(6-3-1)16-9-17(16)23-12-20(7-4-8-20)19-24-18(26-25-19)15-10-21-13-22-11-15/h1-3,5-6,10-11,13,16-17,23H,4,7-9,12H2/t16-,17+/m1/s1. The van der Waals surface area contributed by atoms with Gasteiger partial charge in [-0.1, -0.05) is 41.9 Å². The zero-order valence-corrected chi connectivity index (χ0v) is 14.5. The van der Waals surface area contributed by atoms with Crippen LogP contribution < -0.4 is 5.32 Å². The lowest BCUT2D eigenvalue weighted by molar-refractivity contribution is 0.211. The predicted molar refractivity (Wildman–Crippen MR) is 96.4 cm³/mol. The first-order valence-electron chi connectivity index (χ1n) is 9.22. The molecule has 5 rings (SSSR count). The van der Waals surface area contributed by atoms with E-state index in [2.05, 4.69) is 55.8 Å². The molecule has 0 spiro atoms. The van der Waals surface area contributed by atoms with Crippen molar-refractivity contribution in [1.82, 2.24) is 25.4 Å². The van der Waals surface area contributed by atoms with Crippen molar-refractivity contribution in [3.8, 4) is 11.5 Å². The summed E-state index contributed by atoms with van der Waals surface area (Å²) in [5.74, 6) is 1.95. The summed E-state index contributed by atoms with van der Waals surface area (Å²) in [6.45, 7) is 0.908. The number of rotatable bonds is 6. The number of aromatic nitrogens is 4. The van der Waals surface area contributed by atoms with Gasteiger partial charge in [0.1, 0.15) is 6.33 Å². The van der Waals surface area contributed by atoms with Crippen molar-refractivity contribution < 1.29 is 4.52 Å². The Morgan fingerprint density at radius 1 is 1.12 bits per heavy atom. The van der Waals surface area contributed by atoms with Crippen LogP contribution in [-0.4, -0.2) is 32.7 Å². The largest absolute Gasteiger partial charge is 0.334 e. The zero-order valence-electron chi connectivity index (χ0n) is 14.5. The van der Waals surface area contributed by atoms with Crippen LogP contribution in [0, 0.1) is 0 Å². The van der Waals surface area contributed by atoms with E-state index in [1.54, 1.807) is 12.4 Å². The molecule has 2 fully saturated rings. The maximum absolute atomic E-state index is 5.48. The molecule has 0 bridgehead atoms. The van der Waals surface area contributed by atoms with Gasteiger partial charge in [0.05, 0.1) is 5.56 Å². The van der Waals surface area contributed by atoms with Gasteiger partial charge in [-0.15, -0.1) is 0 Å². The Hall–Kier alpha value is -2.60. The highest BCUT2D eigenvalue weighted by molar-refractivity contribution is 5.49. The maximum atomic E-state index is 5.48. The highest BCUT2D eigenvalue weighted by Crippen LogP contribution is 2.45. The van der Waals surface area contributed by atoms with E-state index in [0.717, 1.165) is 30.8 Å². The molecule has 3 aromatic rings. The molecular formula is C20H21N5O. The fraction of sp³-hybridized carbons (Fsp3) is 0.400. The predicted octanol–water partition coefficient (Wildman–Crippen LogP) is 3.09. The molecule has 0 aliphatic heterocycles. The number of benzene rings is 1. The normalized spacial score (nSPS) is 23.4. The van der Waals surface area contributed by atoms with Gasteiger partial charge in [0.2, 0.25) is 0 Å². The van der Waals surface area contributed by atoms with Gasteiger partial charge in [0.25, 0.3) is 5.89 Å². The van der Waals surface area contributed by atoms with Crippen LogP contribution in [-0.2, 0) is 5.41 Å².